The van der Waals surface area contributed by atoms with Crippen LogP contribution in [0.25, 0.3) is 27.3 Å². The number of hydrogen-bond acceptors (Lipinski definition) is 4. The Bertz CT molecular complexity index is 1140. The van der Waals surface area contributed by atoms with Crippen molar-refractivity contribution in [2.75, 3.05) is 5.32 Å². The number of hydrogen-bond donors (Lipinski definition) is 2. The second kappa shape index (κ2) is 6.64. The van der Waals surface area contributed by atoms with Crippen LogP contribution in [0.15, 0.2) is 48.8 Å². The summed E-state index contributed by atoms with van der Waals surface area (Å²) in [7, 11) is 0. The van der Waals surface area contributed by atoms with Gasteiger partial charge in [0.1, 0.15) is 17.2 Å². The van der Waals surface area contributed by atoms with Gasteiger partial charge in [-0.05, 0) is 30.3 Å². The van der Waals surface area contributed by atoms with Gasteiger partial charge in [-0.2, -0.15) is 0 Å². The number of benzene rings is 1. The minimum atomic E-state index is 0.486. The van der Waals surface area contributed by atoms with Crippen LogP contribution in [0.4, 0.5) is 17.3 Å². The topological polar surface area (TPSA) is 70.8 Å². The molecule has 0 bridgehead atoms. The highest BCUT2D eigenvalue weighted by molar-refractivity contribution is 6.39. The summed E-state index contributed by atoms with van der Waals surface area (Å²) in [6, 6.07) is 10.4. The number of nitrogens with one attached hydrogen (secondary N) is 2. The molecule has 6 nitrogen and oxygen atoms in total. The summed E-state index contributed by atoms with van der Waals surface area (Å²) in [6.07, 6.45) is 3.22. The molecule has 0 radical (unpaired) electrons. The minimum absolute atomic E-state index is 0.486. The summed E-state index contributed by atoms with van der Waals surface area (Å²) < 4.78 is 0. The molecule has 0 saturated carbocycles. The van der Waals surface area contributed by atoms with E-state index in [1.165, 1.54) is 0 Å². The molecule has 2 N–H and O–H groups in total. The van der Waals surface area contributed by atoms with E-state index in [1.807, 2.05) is 6.07 Å². The van der Waals surface area contributed by atoms with E-state index < -0.39 is 0 Å². The Kier molecular flexibility index (Phi) is 4.17. The molecule has 3 heterocycles. The van der Waals surface area contributed by atoms with Crippen molar-refractivity contribution in [2.24, 2.45) is 0 Å². The van der Waals surface area contributed by atoms with E-state index in [-0.39, 0.29) is 0 Å². The monoisotopic (exact) mass is 380 g/mol. The molecule has 1 aromatic carbocycles. The average molecular weight is 381 g/mol. The molecule has 0 aliphatic heterocycles. The number of pyridine rings is 2. The van der Waals surface area contributed by atoms with Crippen LogP contribution >= 0.6 is 23.2 Å². The highest BCUT2D eigenvalue weighted by Gasteiger charge is 2.15. The Morgan fingerprint density at radius 2 is 1.81 bits per heavy atom. The van der Waals surface area contributed by atoms with Gasteiger partial charge in [0.2, 0.25) is 0 Å². The first kappa shape index (κ1) is 16.3. The van der Waals surface area contributed by atoms with Crippen molar-refractivity contribution in [3.8, 4) is 11.4 Å². The van der Waals surface area contributed by atoms with E-state index in [0.29, 0.717) is 44.3 Å². The van der Waals surface area contributed by atoms with Crippen molar-refractivity contribution in [1.29, 1.82) is 0 Å². The summed E-state index contributed by atoms with van der Waals surface area (Å²) in [5.41, 5.74) is 2.51. The molecule has 0 aliphatic carbocycles. The smallest absolute Gasteiger partial charge is 0.192 e. The predicted octanol–water partition coefficient (Wildman–Crippen LogP) is 5.62. The van der Waals surface area contributed by atoms with Crippen molar-refractivity contribution in [3.05, 3.63) is 70.3 Å². The number of rotatable bonds is 3. The zero-order valence-electron chi connectivity index (χ0n) is 13.2. The van der Waals surface area contributed by atoms with Crippen LogP contribution < -0.4 is 5.32 Å². The van der Waals surface area contributed by atoms with Gasteiger partial charge in [0.05, 0.1) is 27.7 Å². The number of nitrogens with zero attached hydrogens (tertiary/aromatic N) is 4. The molecule has 4 rings (SSSR count). The maximum absolute atomic E-state index is 7.10. The second-order valence-corrected chi connectivity index (χ2v) is 6.19. The van der Waals surface area contributed by atoms with Crippen LogP contribution in [0, 0.1) is 6.57 Å². The molecule has 126 valence electrons. The van der Waals surface area contributed by atoms with E-state index in [9.17, 15) is 0 Å². The number of aromatic nitrogens is 4. The molecule has 3 aromatic heterocycles. The molecule has 0 saturated heterocycles. The predicted molar refractivity (Wildman–Crippen MR) is 103 cm³/mol. The Balaban J connectivity index is 1.80. The fraction of sp³-hybridized carbons (Fsp3) is 0. The number of aromatic amines is 1. The van der Waals surface area contributed by atoms with Gasteiger partial charge in [0.25, 0.3) is 0 Å². The van der Waals surface area contributed by atoms with Crippen LogP contribution in [-0.4, -0.2) is 19.9 Å². The Hall–Kier alpha value is -3.14. The van der Waals surface area contributed by atoms with E-state index in [4.69, 9.17) is 29.8 Å². The Morgan fingerprint density at radius 3 is 2.58 bits per heavy atom. The molecule has 8 heteroatoms. The van der Waals surface area contributed by atoms with E-state index in [0.717, 1.165) is 5.52 Å². The Labute approximate surface area is 158 Å². The molecule has 26 heavy (non-hydrogen) atoms. The fourth-order valence-corrected chi connectivity index (χ4v) is 3.12. The molecular formula is C18H10Cl2N6. The lowest BCUT2D eigenvalue weighted by Crippen LogP contribution is -1.96. The van der Waals surface area contributed by atoms with Crippen molar-refractivity contribution in [1.82, 2.24) is 19.9 Å². The maximum atomic E-state index is 7.10. The van der Waals surface area contributed by atoms with Crippen molar-refractivity contribution >= 4 is 51.6 Å². The van der Waals surface area contributed by atoms with Crippen molar-refractivity contribution in [2.45, 2.75) is 0 Å². The van der Waals surface area contributed by atoms with E-state index in [2.05, 4.69) is 30.1 Å². The van der Waals surface area contributed by atoms with Gasteiger partial charge in [-0.15, -0.1) is 0 Å². The third-order valence-corrected chi connectivity index (χ3v) is 4.35. The minimum Gasteiger partial charge on any atom is -0.338 e. The SMILES string of the molecule is [C-]#[N+]c1ccnc(Nc2nccc3[nH]c(-c4c(Cl)cccc4Cl)nc23)c1. The molecule has 0 fully saturated rings. The largest absolute Gasteiger partial charge is 0.338 e. The van der Waals surface area contributed by atoms with Gasteiger partial charge < -0.3 is 10.3 Å². The molecule has 0 atom stereocenters. The number of imidazole rings is 1. The van der Waals surface area contributed by atoms with Gasteiger partial charge >= 0.3 is 0 Å². The first-order chi connectivity index (χ1) is 12.7. The zero-order chi connectivity index (χ0) is 18.1. The zero-order valence-corrected chi connectivity index (χ0v) is 14.7. The average Bonchev–Trinajstić information content (AvgIpc) is 3.06. The number of halogens is 2. The summed E-state index contributed by atoms with van der Waals surface area (Å²) >= 11 is 12.6. The summed E-state index contributed by atoms with van der Waals surface area (Å²) in [5.74, 6) is 1.58. The summed E-state index contributed by atoms with van der Waals surface area (Å²) in [5, 5.41) is 4.11. The van der Waals surface area contributed by atoms with E-state index >= 15 is 0 Å². The number of H-pyrrole nitrogens is 1. The molecule has 0 spiro atoms. The van der Waals surface area contributed by atoms with Gasteiger partial charge in [-0.3, -0.25) is 0 Å². The van der Waals surface area contributed by atoms with Gasteiger partial charge in [-0.1, -0.05) is 29.3 Å². The van der Waals surface area contributed by atoms with Crippen molar-refractivity contribution < 1.29 is 0 Å². The highest BCUT2D eigenvalue weighted by atomic mass is 35.5. The van der Waals surface area contributed by atoms with Crippen LogP contribution in [0.5, 0.6) is 0 Å². The van der Waals surface area contributed by atoms with E-state index in [1.54, 1.807) is 42.7 Å². The lowest BCUT2D eigenvalue weighted by Gasteiger charge is -2.05. The quantitative estimate of drug-likeness (QED) is 0.452. The standard InChI is InChI=1S/C18H10Cl2N6/c1-21-10-5-7-22-14(9-10)25-18-16-13(6-8-23-18)24-17(26-16)15-11(19)3-2-4-12(15)20/h2-9H,(H,24,26)(H,22,23,25). The third-order valence-electron chi connectivity index (χ3n) is 3.72. The number of fused-ring (bicyclic) bond motifs is 1. The van der Waals surface area contributed by atoms with Gasteiger partial charge in [-0.25, -0.2) is 19.8 Å². The highest BCUT2D eigenvalue weighted by Crippen LogP contribution is 2.35. The van der Waals surface area contributed by atoms with Crippen LogP contribution in [0.3, 0.4) is 0 Å². The van der Waals surface area contributed by atoms with Crippen LogP contribution in [0.2, 0.25) is 10.0 Å². The molecule has 4 aromatic rings. The fourth-order valence-electron chi connectivity index (χ4n) is 2.55. The van der Waals surface area contributed by atoms with Gasteiger partial charge in [0, 0.05) is 12.4 Å². The van der Waals surface area contributed by atoms with Crippen LogP contribution in [0.1, 0.15) is 0 Å². The normalized spacial score (nSPS) is 10.7. The summed E-state index contributed by atoms with van der Waals surface area (Å²) in [6.45, 7) is 7.10. The van der Waals surface area contributed by atoms with Crippen LogP contribution in [-0.2, 0) is 0 Å². The van der Waals surface area contributed by atoms with Crippen molar-refractivity contribution in [3.63, 3.8) is 0 Å². The molecule has 0 amide bonds. The van der Waals surface area contributed by atoms with Gasteiger partial charge in [0.15, 0.2) is 11.5 Å². The second-order valence-electron chi connectivity index (χ2n) is 5.37. The first-order valence-corrected chi connectivity index (χ1v) is 8.31. The third kappa shape index (κ3) is 2.94. The summed E-state index contributed by atoms with van der Waals surface area (Å²) in [4.78, 5) is 19.8. The first-order valence-electron chi connectivity index (χ1n) is 7.55. The maximum Gasteiger partial charge on any atom is 0.192 e. The lowest BCUT2D eigenvalue weighted by atomic mass is 10.2. The Morgan fingerprint density at radius 1 is 1.04 bits per heavy atom. The molecular weight excluding hydrogens is 371 g/mol. The molecule has 0 unspecified atom stereocenters. The number of anilines is 2. The lowest BCUT2D eigenvalue weighted by molar-refractivity contribution is 1.26. The molecule has 0 aliphatic rings.